The Labute approximate surface area is 149 Å². The number of rotatable bonds is 5. The van der Waals surface area contributed by atoms with Crippen LogP contribution in [0.5, 0.6) is 0 Å². The van der Waals surface area contributed by atoms with Crippen LogP contribution in [0.3, 0.4) is 0 Å². The smallest absolute Gasteiger partial charge is 0.247 e. The number of carbonyl (C=O) groups excluding carboxylic acids is 2. The first-order valence-corrected chi connectivity index (χ1v) is 8.04. The minimum absolute atomic E-state index is 0.328. The lowest BCUT2D eigenvalue weighted by atomic mass is 10.2. The number of likely N-dealkylation sites (N-methyl/N-ethyl adjacent to an activating group) is 1. The van der Waals surface area contributed by atoms with Crippen LogP contribution in [0.1, 0.15) is 19.4 Å². The Morgan fingerprint density at radius 1 is 1.00 bits per heavy atom. The number of nitrogens with zero attached hydrogens (tertiary/aromatic N) is 2. The van der Waals surface area contributed by atoms with Crippen molar-refractivity contribution in [1.82, 2.24) is 0 Å². The van der Waals surface area contributed by atoms with Crippen LogP contribution in [0.15, 0.2) is 36.4 Å². The maximum atomic E-state index is 14.0. The van der Waals surface area contributed by atoms with Crippen molar-refractivity contribution >= 4 is 23.2 Å². The molecule has 138 valence electrons. The molecule has 4 nitrogen and oxygen atoms in total. The van der Waals surface area contributed by atoms with E-state index in [0.717, 1.165) is 23.5 Å². The zero-order valence-electron chi connectivity index (χ0n) is 14.7. The summed E-state index contributed by atoms with van der Waals surface area (Å²) in [7, 11) is 0. The summed E-state index contributed by atoms with van der Waals surface area (Å²) in [5, 5.41) is 0. The lowest BCUT2D eigenvalue weighted by Gasteiger charge is -2.27. The highest BCUT2D eigenvalue weighted by Gasteiger charge is 2.25. The summed E-state index contributed by atoms with van der Waals surface area (Å²) in [6.45, 7) is 4.58. The highest BCUT2D eigenvalue weighted by atomic mass is 19.2. The summed E-state index contributed by atoms with van der Waals surface area (Å²) >= 11 is 0. The first kappa shape index (κ1) is 19.5. The second kappa shape index (κ2) is 8.03. The standard InChI is InChI=1S/C19H19F3N2O2/c1-4-23(14-7-5-6-12(2)10-14)17(26)11-24(13(3)25)16-9-8-15(20)18(21)19(16)22/h5-10H,4,11H2,1-3H3. The monoisotopic (exact) mass is 364 g/mol. The van der Waals surface area contributed by atoms with Crippen molar-refractivity contribution in [3.63, 3.8) is 0 Å². The molecule has 0 aliphatic rings. The number of benzene rings is 2. The minimum Gasteiger partial charge on any atom is -0.311 e. The van der Waals surface area contributed by atoms with Crippen molar-refractivity contribution in [2.24, 2.45) is 0 Å². The van der Waals surface area contributed by atoms with Crippen molar-refractivity contribution in [1.29, 1.82) is 0 Å². The Kier molecular flexibility index (Phi) is 6.02. The van der Waals surface area contributed by atoms with E-state index in [-0.39, 0.29) is 0 Å². The third-order valence-corrected chi connectivity index (χ3v) is 3.91. The fourth-order valence-corrected chi connectivity index (χ4v) is 2.61. The van der Waals surface area contributed by atoms with E-state index in [0.29, 0.717) is 18.3 Å². The predicted octanol–water partition coefficient (Wildman–Crippen LogP) is 3.82. The van der Waals surface area contributed by atoms with Crippen LogP contribution in [0.4, 0.5) is 24.5 Å². The molecular formula is C19H19F3N2O2. The van der Waals surface area contributed by atoms with E-state index in [1.54, 1.807) is 25.1 Å². The van der Waals surface area contributed by atoms with E-state index < -0.39 is 41.5 Å². The van der Waals surface area contributed by atoms with Crippen LogP contribution in [-0.2, 0) is 9.59 Å². The van der Waals surface area contributed by atoms with Gasteiger partial charge in [0.2, 0.25) is 11.8 Å². The molecule has 2 rings (SSSR count). The van der Waals surface area contributed by atoms with Crippen molar-refractivity contribution in [2.75, 3.05) is 22.9 Å². The van der Waals surface area contributed by atoms with Crippen molar-refractivity contribution in [2.45, 2.75) is 20.8 Å². The highest BCUT2D eigenvalue weighted by Crippen LogP contribution is 2.24. The van der Waals surface area contributed by atoms with Gasteiger partial charge in [-0.2, -0.15) is 0 Å². The molecule has 0 aliphatic heterocycles. The first-order chi connectivity index (χ1) is 12.3. The van der Waals surface area contributed by atoms with Gasteiger partial charge in [0, 0.05) is 19.2 Å². The quantitative estimate of drug-likeness (QED) is 0.757. The van der Waals surface area contributed by atoms with Crippen LogP contribution in [-0.4, -0.2) is 24.9 Å². The molecule has 0 radical (unpaired) electrons. The van der Waals surface area contributed by atoms with Crippen LogP contribution in [0, 0.1) is 24.4 Å². The van der Waals surface area contributed by atoms with Crippen LogP contribution in [0.25, 0.3) is 0 Å². The fraction of sp³-hybridized carbons (Fsp3) is 0.263. The summed E-state index contributed by atoms with van der Waals surface area (Å²) in [6.07, 6.45) is 0. The second-order valence-electron chi connectivity index (χ2n) is 5.78. The molecule has 0 aliphatic carbocycles. The van der Waals surface area contributed by atoms with Crippen molar-refractivity contribution in [3.05, 3.63) is 59.4 Å². The maximum Gasteiger partial charge on any atom is 0.247 e. The summed E-state index contributed by atoms with van der Waals surface area (Å²) in [5.41, 5.74) is 1.10. The van der Waals surface area contributed by atoms with Gasteiger partial charge in [-0.15, -0.1) is 0 Å². The van der Waals surface area contributed by atoms with Gasteiger partial charge in [-0.1, -0.05) is 12.1 Å². The lowest BCUT2D eigenvalue weighted by Crippen LogP contribution is -2.43. The molecule has 0 saturated carbocycles. The van der Waals surface area contributed by atoms with Crippen LogP contribution < -0.4 is 9.80 Å². The molecule has 0 unspecified atom stereocenters. The van der Waals surface area contributed by atoms with E-state index in [4.69, 9.17) is 0 Å². The Morgan fingerprint density at radius 2 is 1.69 bits per heavy atom. The minimum atomic E-state index is -1.69. The van der Waals surface area contributed by atoms with Crippen LogP contribution >= 0.6 is 0 Å². The number of anilines is 2. The van der Waals surface area contributed by atoms with Gasteiger partial charge >= 0.3 is 0 Å². The number of hydrogen-bond donors (Lipinski definition) is 0. The van der Waals surface area contributed by atoms with E-state index in [9.17, 15) is 22.8 Å². The molecule has 2 aromatic rings. The number of halogens is 3. The van der Waals surface area contributed by atoms with Gasteiger partial charge in [-0.25, -0.2) is 13.2 Å². The van der Waals surface area contributed by atoms with E-state index in [2.05, 4.69) is 0 Å². The Balaban J connectivity index is 2.34. The molecule has 7 heteroatoms. The second-order valence-corrected chi connectivity index (χ2v) is 5.78. The lowest BCUT2D eigenvalue weighted by molar-refractivity contribution is -0.121. The molecular weight excluding hydrogens is 345 g/mol. The largest absolute Gasteiger partial charge is 0.311 e. The third-order valence-electron chi connectivity index (χ3n) is 3.91. The Morgan fingerprint density at radius 3 is 2.27 bits per heavy atom. The van der Waals surface area contributed by atoms with Gasteiger partial charge in [0.25, 0.3) is 0 Å². The molecule has 26 heavy (non-hydrogen) atoms. The van der Waals surface area contributed by atoms with Crippen LogP contribution in [0.2, 0.25) is 0 Å². The molecule has 2 aromatic carbocycles. The summed E-state index contributed by atoms with van der Waals surface area (Å²) in [6, 6.07) is 8.86. The normalized spacial score (nSPS) is 10.5. The third kappa shape index (κ3) is 4.04. The predicted molar refractivity (Wildman–Crippen MR) is 93.5 cm³/mol. The van der Waals surface area contributed by atoms with Crippen molar-refractivity contribution in [3.8, 4) is 0 Å². The maximum absolute atomic E-state index is 14.0. The molecule has 0 bridgehead atoms. The molecule has 0 spiro atoms. The van der Waals surface area contributed by atoms with E-state index in [1.165, 1.54) is 4.90 Å². The fourth-order valence-electron chi connectivity index (χ4n) is 2.61. The van der Waals surface area contributed by atoms with Gasteiger partial charge < -0.3 is 9.80 Å². The summed E-state index contributed by atoms with van der Waals surface area (Å²) in [4.78, 5) is 26.8. The zero-order valence-corrected chi connectivity index (χ0v) is 14.7. The molecule has 0 saturated heterocycles. The average Bonchev–Trinajstić information content (AvgIpc) is 2.59. The Hall–Kier alpha value is -2.83. The number of carbonyl (C=O) groups is 2. The Bertz CT molecular complexity index is 840. The molecule has 0 N–H and O–H groups in total. The highest BCUT2D eigenvalue weighted by molar-refractivity contribution is 6.03. The van der Waals surface area contributed by atoms with Gasteiger partial charge in [0.1, 0.15) is 6.54 Å². The molecule has 0 atom stereocenters. The SMILES string of the molecule is CCN(C(=O)CN(C(C)=O)c1ccc(F)c(F)c1F)c1cccc(C)c1. The molecule has 0 heterocycles. The number of amides is 2. The summed E-state index contributed by atoms with van der Waals surface area (Å²) < 4.78 is 40.7. The van der Waals surface area contributed by atoms with Gasteiger partial charge in [0.15, 0.2) is 17.5 Å². The first-order valence-electron chi connectivity index (χ1n) is 8.04. The number of aryl methyl sites for hydroxylation is 1. The molecule has 0 aromatic heterocycles. The zero-order chi connectivity index (χ0) is 19.4. The molecule has 0 fully saturated rings. The van der Waals surface area contributed by atoms with E-state index >= 15 is 0 Å². The van der Waals surface area contributed by atoms with Gasteiger partial charge in [-0.3, -0.25) is 9.59 Å². The average molecular weight is 364 g/mol. The summed E-state index contributed by atoms with van der Waals surface area (Å²) in [5.74, 6) is -5.70. The number of hydrogen-bond acceptors (Lipinski definition) is 2. The molecule has 2 amide bonds. The van der Waals surface area contributed by atoms with Gasteiger partial charge in [-0.05, 0) is 43.7 Å². The van der Waals surface area contributed by atoms with Crippen molar-refractivity contribution < 1.29 is 22.8 Å². The topological polar surface area (TPSA) is 40.6 Å². The van der Waals surface area contributed by atoms with Gasteiger partial charge in [0.05, 0.1) is 5.69 Å². The van der Waals surface area contributed by atoms with E-state index in [1.807, 2.05) is 13.0 Å².